The van der Waals surface area contributed by atoms with Gasteiger partial charge in [0.1, 0.15) is 5.75 Å². The van der Waals surface area contributed by atoms with E-state index in [1.165, 1.54) is 5.56 Å². The molecule has 0 aliphatic carbocycles. The normalized spacial score (nSPS) is 12.3. The van der Waals surface area contributed by atoms with Gasteiger partial charge in [-0.25, -0.2) is 0 Å². The molecular formula is C17H29NO3. The van der Waals surface area contributed by atoms with E-state index >= 15 is 0 Å². The van der Waals surface area contributed by atoms with Crippen molar-refractivity contribution in [2.75, 3.05) is 47.6 Å². The van der Waals surface area contributed by atoms with Crippen LogP contribution in [-0.4, -0.2) is 47.6 Å². The molecule has 4 heteroatoms. The lowest BCUT2D eigenvalue weighted by Gasteiger charge is -2.18. The van der Waals surface area contributed by atoms with Crippen molar-refractivity contribution < 1.29 is 14.2 Å². The summed E-state index contributed by atoms with van der Waals surface area (Å²) in [6.45, 7) is 3.48. The van der Waals surface area contributed by atoms with Gasteiger partial charge in [-0.15, -0.1) is 0 Å². The van der Waals surface area contributed by atoms with E-state index in [-0.39, 0.29) is 0 Å². The molecule has 4 nitrogen and oxygen atoms in total. The summed E-state index contributed by atoms with van der Waals surface area (Å²) in [6, 6.07) is 8.33. The summed E-state index contributed by atoms with van der Waals surface area (Å²) in [5.74, 6) is 1.53. The van der Waals surface area contributed by atoms with Crippen molar-refractivity contribution in [1.82, 2.24) is 5.32 Å². The lowest BCUT2D eigenvalue weighted by atomic mass is 9.94. The average molecular weight is 295 g/mol. The highest BCUT2D eigenvalue weighted by molar-refractivity contribution is 5.28. The monoisotopic (exact) mass is 295 g/mol. The topological polar surface area (TPSA) is 39.7 Å². The molecule has 1 aromatic carbocycles. The van der Waals surface area contributed by atoms with Crippen molar-refractivity contribution in [2.45, 2.75) is 19.3 Å². The number of methoxy groups -OCH3 is 3. The van der Waals surface area contributed by atoms with Gasteiger partial charge in [-0.05, 0) is 49.4 Å². The van der Waals surface area contributed by atoms with Crippen LogP contribution in [0, 0.1) is 5.92 Å². The van der Waals surface area contributed by atoms with E-state index < -0.39 is 0 Å². The van der Waals surface area contributed by atoms with Crippen molar-refractivity contribution in [3.63, 3.8) is 0 Å². The quantitative estimate of drug-likeness (QED) is 0.602. The van der Waals surface area contributed by atoms with E-state index in [2.05, 4.69) is 23.5 Å². The number of hydrogen-bond donors (Lipinski definition) is 1. The predicted molar refractivity (Wildman–Crippen MR) is 86.0 cm³/mol. The predicted octanol–water partition coefficient (Wildman–Crippen LogP) is 2.52. The zero-order valence-corrected chi connectivity index (χ0v) is 13.6. The number of rotatable bonds is 12. The highest BCUT2D eigenvalue weighted by Gasteiger charge is 2.10. The Labute approximate surface area is 128 Å². The fourth-order valence-corrected chi connectivity index (χ4v) is 2.41. The first-order valence-electron chi connectivity index (χ1n) is 7.61. The third kappa shape index (κ3) is 8.05. The van der Waals surface area contributed by atoms with Crippen LogP contribution in [0.25, 0.3) is 0 Å². The fraction of sp³-hybridized carbons (Fsp3) is 0.647. The number of benzene rings is 1. The first kappa shape index (κ1) is 18.0. The summed E-state index contributed by atoms with van der Waals surface area (Å²) in [7, 11) is 5.20. The summed E-state index contributed by atoms with van der Waals surface area (Å²) in [5.41, 5.74) is 1.32. The summed E-state index contributed by atoms with van der Waals surface area (Å²) in [4.78, 5) is 0. The van der Waals surface area contributed by atoms with Crippen LogP contribution in [0.15, 0.2) is 24.3 Å². The summed E-state index contributed by atoms with van der Waals surface area (Å²) < 4.78 is 15.5. The molecule has 0 saturated heterocycles. The van der Waals surface area contributed by atoms with Crippen LogP contribution in [0.3, 0.4) is 0 Å². The Balaban J connectivity index is 2.48. The third-order valence-corrected chi connectivity index (χ3v) is 3.54. The van der Waals surface area contributed by atoms with Crippen molar-refractivity contribution in [2.24, 2.45) is 5.92 Å². The van der Waals surface area contributed by atoms with Gasteiger partial charge in [0, 0.05) is 27.4 Å². The first-order valence-corrected chi connectivity index (χ1v) is 7.61. The molecule has 0 saturated carbocycles. The van der Waals surface area contributed by atoms with Crippen molar-refractivity contribution in [3.8, 4) is 5.75 Å². The summed E-state index contributed by atoms with van der Waals surface area (Å²) >= 11 is 0. The number of ether oxygens (including phenoxy) is 3. The van der Waals surface area contributed by atoms with Gasteiger partial charge >= 0.3 is 0 Å². The Hall–Kier alpha value is -1.10. The molecule has 0 aromatic heterocycles. The van der Waals surface area contributed by atoms with Gasteiger partial charge in [-0.3, -0.25) is 0 Å². The van der Waals surface area contributed by atoms with Gasteiger partial charge < -0.3 is 19.5 Å². The minimum Gasteiger partial charge on any atom is -0.497 e. The molecule has 0 heterocycles. The average Bonchev–Trinajstić information content (AvgIpc) is 2.51. The van der Waals surface area contributed by atoms with Crippen LogP contribution < -0.4 is 10.1 Å². The number of hydrogen-bond acceptors (Lipinski definition) is 4. The SMILES string of the molecule is COCCCC(CNCCOC)Cc1cccc(OC)c1. The van der Waals surface area contributed by atoms with Gasteiger partial charge in [0.25, 0.3) is 0 Å². The van der Waals surface area contributed by atoms with Crippen molar-refractivity contribution in [1.29, 1.82) is 0 Å². The molecule has 1 atom stereocenters. The molecule has 1 unspecified atom stereocenters. The fourth-order valence-electron chi connectivity index (χ4n) is 2.41. The van der Waals surface area contributed by atoms with Gasteiger partial charge in [-0.1, -0.05) is 12.1 Å². The second-order valence-electron chi connectivity index (χ2n) is 5.25. The van der Waals surface area contributed by atoms with E-state index in [0.29, 0.717) is 5.92 Å². The van der Waals surface area contributed by atoms with Gasteiger partial charge in [-0.2, -0.15) is 0 Å². The van der Waals surface area contributed by atoms with E-state index in [1.54, 1.807) is 21.3 Å². The van der Waals surface area contributed by atoms with Crippen LogP contribution in [0.2, 0.25) is 0 Å². The molecule has 0 bridgehead atoms. The molecule has 0 aliphatic rings. The largest absolute Gasteiger partial charge is 0.497 e. The molecule has 0 spiro atoms. The lowest BCUT2D eigenvalue weighted by Crippen LogP contribution is -2.27. The Kier molecular flexibility index (Phi) is 9.87. The van der Waals surface area contributed by atoms with Gasteiger partial charge in [0.05, 0.1) is 13.7 Å². The second kappa shape index (κ2) is 11.5. The Morgan fingerprint density at radius 2 is 1.90 bits per heavy atom. The van der Waals surface area contributed by atoms with E-state index in [1.807, 2.05) is 6.07 Å². The molecule has 0 amide bonds. The Morgan fingerprint density at radius 1 is 1.10 bits per heavy atom. The van der Waals surface area contributed by atoms with Crippen LogP contribution in [0.4, 0.5) is 0 Å². The molecular weight excluding hydrogens is 266 g/mol. The molecule has 0 radical (unpaired) electrons. The van der Waals surface area contributed by atoms with E-state index in [9.17, 15) is 0 Å². The maximum Gasteiger partial charge on any atom is 0.119 e. The lowest BCUT2D eigenvalue weighted by molar-refractivity contribution is 0.183. The Morgan fingerprint density at radius 3 is 2.62 bits per heavy atom. The van der Waals surface area contributed by atoms with Crippen LogP contribution in [0.1, 0.15) is 18.4 Å². The first-order chi connectivity index (χ1) is 10.3. The van der Waals surface area contributed by atoms with Crippen LogP contribution in [-0.2, 0) is 15.9 Å². The standard InChI is InChI=1S/C17H29NO3/c1-19-10-5-7-16(14-18-9-11-20-2)12-15-6-4-8-17(13-15)21-3/h4,6,8,13,16,18H,5,7,9-12,14H2,1-3H3. The van der Waals surface area contributed by atoms with Crippen molar-refractivity contribution in [3.05, 3.63) is 29.8 Å². The smallest absolute Gasteiger partial charge is 0.119 e. The minimum atomic E-state index is 0.601. The van der Waals surface area contributed by atoms with Crippen LogP contribution >= 0.6 is 0 Å². The highest BCUT2D eigenvalue weighted by Crippen LogP contribution is 2.18. The number of nitrogens with one attached hydrogen (secondary N) is 1. The highest BCUT2D eigenvalue weighted by atomic mass is 16.5. The Bertz CT molecular complexity index is 371. The van der Waals surface area contributed by atoms with Gasteiger partial charge in [0.2, 0.25) is 0 Å². The van der Waals surface area contributed by atoms with Gasteiger partial charge in [0.15, 0.2) is 0 Å². The maximum atomic E-state index is 5.30. The molecule has 0 fully saturated rings. The molecule has 1 N–H and O–H groups in total. The minimum absolute atomic E-state index is 0.601. The molecule has 1 aromatic rings. The van der Waals surface area contributed by atoms with E-state index in [4.69, 9.17) is 14.2 Å². The molecule has 120 valence electrons. The third-order valence-electron chi connectivity index (χ3n) is 3.54. The zero-order valence-electron chi connectivity index (χ0n) is 13.6. The summed E-state index contributed by atoms with van der Waals surface area (Å²) in [5, 5.41) is 3.47. The maximum absolute atomic E-state index is 5.30. The summed E-state index contributed by atoms with van der Waals surface area (Å²) in [6.07, 6.45) is 3.31. The van der Waals surface area contributed by atoms with Crippen molar-refractivity contribution >= 4 is 0 Å². The van der Waals surface area contributed by atoms with E-state index in [0.717, 1.165) is 51.3 Å². The second-order valence-corrected chi connectivity index (χ2v) is 5.25. The molecule has 1 rings (SSSR count). The zero-order chi connectivity index (χ0) is 15.3. The molecule has 0 aliphatic heterocycles. The molecule has 21 heavy (non-hydrogen) atoms. The van der Waals surface area contributed by atoms with Crippen LogP contribution in [0.5, 0.6) is 5.75 Å².